The highest BCUT2D eigenvalue weighted by atomic mass is 16.2. The summed E-state index contributed by atoms with van der Waals surface area (Å²) in [7, 11) is 0. The molecule has 0 radical (unpaired) electrons. The number of nitrogens with two attached hydrogens (primary N) is 2. The van der Waals surface area contributed by atoms with Crippen LogP contribution in [0.5, 0.6) is 0 Å². The monoisotopic (exact) mass is 661 g/mol. The maximum atomic E-state index is 13.8. The average molecular weight is 662 g/mol. The fraction of sp³-hybridized carbons (Fsp3) is 0.528. The summed E-state index contributed by atoms with van der Waals surface area (Å²) in [4.78, 5) is 69.3. The lowest BCUT2D eigenvalue weighted by Crippen LogP contribution is -2.63. The van der Waals surface area contributed by atoms with Crippen molar-refractivity contribution in [1.29, 1.82) is 0 Å². The van der Waals surface area contributed by atoms with Gasteiger partial charge in [-0.05, 0) is 42.7 Å². The van der Waals surface area contributed by atoms with E-state index in [4.69, 9.17) is 11.5 Å². The molecule has 4 atom stereocenters. The molecule has 7 N–H and O–H groups in total. The molecule has 0 bridgehead atoms. The molecule has 0 saturated carbocycles. The third kappa shape index (κ3) is 9.86. The van der Waals surface area contributed by atoms with Crippen LogP contribution >= 0.6 is 0 Å². The Morgan fingerprint density at radius 1 is 0.729 bits per heavy atom. The molecular formula is C36H51N7O5. The molecule has 2 aliphatic heterocycles. The number of hydrogen-bond donors (Lipinski definition) is 5. The molecule has 2 saturated heterocycles. The quantitative estimate of drug-likeness (QED) is 0.198. The molecule has 0 aliphatic carbocycles. The van der Waals surface area contributed by atoms with Crippen molar-refractivity contribution in [1.82, 2.24) is 25.8 Å². The van der Waals surface area contributed by atoms with Gasteiger partial charge in [-0.15, -0.1) is 0 Å². The van der Waals surface area contributed by atoms with Gasteiger partial charge in [-0.2, -0.15) is 0 Å². The number of nitrogens with zero attached hydrogens (tertiary/aromatic N) is 2. The molecule has 2 heterocycles. The maximum Gasteiger partial charge on any atom is 0.246 e. The number of benzene rings is 2. The third-order valence-electron chi connectivity index (χ3n) is 9.37. The van der Waals surface area contributed by atoms with E-state index in [2.05, 4.69) is 16.0 Å². The van der Waals surface area contributed by atoms with E-state index < -0.39 is 41.9 Å². The molecule has 0 unspecified atom stereocenters. The van der Waals surface area contributed by atoms with Crippen molar-refractivity contribution in [2.24, 2.45) is 22.8 Å². The highest BCUT2D eigenvalue weighted by Crippen LogP contribution is 2.40. The molecule has 2 aromatic rings. The van der Waals surface area contributed by atoms with Gasteiger partial charge in [-0.3, -0.25) is 24.0 Å². The second-order valence-electron chi connectivity index (χ2n) is 13.7. The normalized spacial score (nSPS) is 17.9. The largest absolute Gasteiger partial charge is 0.343 e. The molecule has 260 valence electrons. The van der Waals surface area contributed by atoms with Gasteiger partial charge in [0.25, 0.3) is 0 Å². The highest BCUT2D eigenvalue weighted by Gasteiger charge is 2.47. The zero-order valence-corrected chi connectivity index (χ0v) is 28.3. The van der Waals surface area contributed by atoms with Gasteiger partial charge < -0.3 is 37.2 Å². The van der Waals surface area contributed by atoms with Gasteiger partial charge in [-0.1, -0.05) is 74.5 Å². The van der Waals surface area contributed by atoms with Crippen LogP contribution in [0.15, 0.2) is 60.7 Å². The number of hydrogen-bond acceptors (Lipinski definition) is 7. The molecule has 2 aromatic carbocycles. The summed E-state index contributed by atoms with van der Waals surface area (Å²) in [6, 6.07) is 14.9. The van der Waals surface area contributed by atoms with Gasteiger partial charge in [0, 0.05) is 51.5 Å². The Kier molecular flexibility index (Phi) is 12.7. The minimum Gasteiger partial charge on any atom is -0.343 e. The van der Waals surface area contributed by atoms with E-state index in [-0.39, 0.29) is 36.1 Å². The molecule has 0 aromatic heterocycles. The van der Waals surface area contributed by atoms with Crippen molar-refractivity contribution >= 4 is 29.5 Å². The lowest BCUT2D eigenvalue weighted by atomic mass is 9.72. The first kappa shape index (κ1) is 36.5. The van der Waals surface area contributed by atoms with Crippen LogP contribution in [0.2, 0.25) is 0 Å². The zero-order chi connectivity index (χ0) is 34.8. The van der Waals surface area contributed by atoms with Gasteiger partial charge in [0.1, 0.15) is 18.1 Å². The predicted octanol–water partition coefficient (Wildman–Crippen LogP) is 0.729. The second kappa shape index (κ2) is 16.7. The molecule has 12 heteroatoms. The third-order valence-corrected chi connectivity index (χ3v) is 9.37. The van der Waals surface area contributed by atoms with Crippen LogP contribution in [0.25, 0.3) is 0 Å². The van der Waals surface area contributed by atoms with Gasteiger partial charge in [0.15, 0.2) is 0 Å². The van der Waals surface area contributed by atoms with Crippen molar-refractivity contribution in [3.05, 3.63) is 71.8 Å². The van der Waals surface area contributed by atoms with Crippen molar-refractivity contribution in [2.45, 2.75) is 77.0 Å². The Labute approximate surface area is 283 Å². The predicted molar refractivity (Wildman–Crippen MR) is 183 cm³/mol. The SMILES string of the molecule is CC(=O)N1CC2(CCN(C(=O)[C@@H](CN)NC(=O)[C@@H](CC(C)C)NC(=O)[C@@H](Cc3ccccc3)NC(=O)[C@H](N)Cc3ccccc3)CC2)C1. The first-order valence-electron chi connectivity index (χ1n) is 16.9. The molecule has 12 nitrogen and oxygen atoms in total. The maximum absolute atomic E-state index is 13.8. The first-order chi connectivity index (χ1) is 22.9. The Bertz CT molecular complexity index is 1400. The van der Waals surface area contributed by atoms with E-state index in [1.54, 1.807) is 11.8 Å². The summed E-state index contributed by atoms with van der Waals surface area (Å²) in [5.74, 6) is -1.70. The topological polar surface area (TPSA) is 180 Å². The van der Waals surface area contributed by atoms with E-state index in [0.717, 1.165) is 24.0 Å². The first-order valence-corrected chi connectivity index (χ1v) is 16.9. The Balaban J connectivity index is 1.40. The minimum absolute atomic E-state index is 0.0323. The molecule has 5 amide bonds. The van der Waals surface area contributed by atoms with Crippen LogP contribution in [0.3, 0.4) is 0 Å². The smallest absolute Gasteiger partial charge is 0.246 e. The van der Waals surface area contributed by atoms with Crippen LogP contribution in [-0.2, 0) is 36.8 Å². The van der Waals surface area contributed by atoms with E-state index in [0.29, 0.717) is 39.0 Å². The van der Waals surface area contributed by atoms with Crippen LogP contribution < -0.4 is 27.4 Å². The van der Waals surface area contributed by atoms with Crippen molar-refractivity contribution in [3.63, 3.8) is 0 Å². The number of piperidine rings is 1. The number of carbonyl (C=O) groups is 5. The summed E-state index contributed by atoms with van der Waals surface area (Å²) in [5.41, 5.74) is 14.0. The lowest BCUT2D eigenvalue weighted by Gasteiger charge is -2.54. The van der Waals surface area contributed by atoms with Crippen molar-refractivity contribution < 1.29 is 24.0 Å². The second-order valence-corrected chi connectivity index (χ2v) is 13.7. The molecule has 2 aliphatic rings. The molecule has 48 heavy (non-hydrogen) atoms. The van der Waals surface area contributed by atoms with Crippen LogP contribution in [0.1, 0.15) is 51.2 Å². The minimum atomic E-state index is -0.998. The van der Waals surface area contributed by atoms with Crippen LogP contribution in [0, 0.1) is 11.3 Å². The Morgan fingerprint density at radius 2 is 1.23 bits per heavy atom. The fourth-order valence-electron chi connectivity index (χ4n) is 6.49. The molecule has 4 rings (SSSR count). The van der Waals surface area contributed by atoms with Crippen molar-refractivity contribution in [2.75, 3.05) is 32.7 Å². The highest BCUT2D eigenvalue weighted by molar-refractivity contribution is 5.95. The molecule has 1 spiro atoms. The van der Waals surface area contributed by atoms with E-state index >= 15 is 0 Å². The number of amides is 5. The number of carbonyl (C=O) groups excluding carboxylic acids is 5. The van der Waals surface area contributed by atoms with E-state index in [9.17, 15) is 24.0 Å². The zero-order valence-electron chi connectivity index (χ0n) is 28.3. The van der Waals surface area contributed by atoms with Crippen molar-refractivity contribution in [3.8, 4) is 0 Å². The van der Waals surface area contributed by atoms with Gasteiger partial charge in [0.2, 0.25) is 29.5 Å². The van der Waals surface area contributed by atoms with E-state index in [1.165, 1.54) is 0 Å². The lowest BCUT2D eigenvalue weighted by molar-refractivity contribution is -0.149. The number of likely N-dealkylation sites (tertiary alicyclic amines) is 2. The Morgan fingerprint density at radius 3 is 1.75 bits per heavy atom. The number of nitrogens with one attached hydrogen (secondary N) is 3. The summed E-state index contributed by atoms with van der Waals surface area (Å²) >= 11 is 0. The van der Waals surface area contributed by atoms with Gasteiger partial charge >= 0.3 is 0 Å². The fourth-order valence-corrected chi connectivity index (χ4v) is 6.49. The molecular weight excluding hydrogens is 610 g/mol. The molecule has 2 fully saturated rings. The summed E-state index contributed by atoms with van der Waals surface area (Å²) < 4.78 is 0. The van der Waals surface area contributed by atoms with Crippen LogP contribution in [0.4, 0.5) is 0 Å². The van der Waals surface area contributed by atoms with Gasteiger partial charge in [0.05, 0.1) is 6.04 Å². The summed E-state index contributed by atoms with van der Waals surface area (Å²) in [6.07, 6.45) is 2.36. The van der Waals surface area contributed by atoms with Gasteiger partial charge in [-0.25, -0.2) is 0 Å². The summed E-state index contributed by atoms with van der Waals surface area (Å²) in [6.45, 7) is 7.80. The van der Waals surface area contributed by atoms with Crippen LogP contribution in [-0.4, -0.2) is 96.2 Å². The number of rotatable bonds is 14. The average Bonchev–Trinajstić information content (AvgIpc) is 3.05. The standard InChI is InChI=1S/C36H51N7O5/c1-24(2)18-29(33(46)41-31(21-37)35(48)42-16-14-36(15-17-42)22-43(23-36)25(3)44)40-34(47)30(20-27-12-8-5-9-13-27)39-32(45)28(38)19-26-10-6-4-7-11-26/h4-13,24,28-31H,14-23,37-38H2,1-3H3,(H,39,45)(H,40,47)(H,41,46)/t28-,29-,30-,31-/m1/s1. The van der Waals surface area contributed by atoms with E-state index in [1.807, 2.05) is 79.4 Å². The summed E-state index contributed by atoms with van der Waals surface area (Å²) in [5, 5.41) is 8.45. The Hall–Kier alpha value is -4.29.